The summed E-state index contributed by atoms with van der Waals surface area (Å²) in [4.78, 5) is 31.8. The van der Waals surface area contributed by atoms with Crippen LogP contribution in [0.15, 0.2) is 29.6 Å². The van der Waals surface area contributed by atoms with Gasteiger partial charge in [-0.05, 0) is 36.4 Å². The van der Waals surface area contributed by atoms with Gasteiger partial charge in [-0.25, -0.2) is 4.79 Å². The molecule has 29 heavy (non-hydrogen) atoms. The molecule has 0 aliphatic carbocycles. The molecule has 0 radical (unpaired) electrons. The largest absolute Gasteiger partial charge is 0.336 e. The van der Waals surface area contributed by atoms with Gasteiger partial charge in [0.05, 0.1) is 27.1 Å². The lowest BCUT2D eigenvalue weighted by Crippen LogP contribution is -2.20. The van der Waals surface area contributed by atoms with Gasteiger partial charge in [0.2, 0.25) is 0 Å². The van der Waals surface area contributed by atoms with Gasteiger partial charge in [-0.3, -0.25) is 4.79 Å². The van der Waals surface area contributed by atoms with Crippen LogP contribution in [0.2, 0.25) is 0 Å². The molecule has 7 heteroatoms. The van der Waals surface area contributed by atoms with Gasteiger partial charge in [-0.2, -0.15) is 15.3 Å². The van der Waals surface area contributed by atoms with E-state index < -0.39 is 5.97 Å². The van der Waals surface area contributed by atoms with Gasteiger partial charge in [0.1, 0.15) is 17.8 Å². The van der Waals surface area contributed by atoms with Crippen LogP contribution >= 0.6 is 11.3 Å². The standard InChI is InChI=1S/C22H19N3O3S/c1-3-6-18(26)21-16-10-14(12-23)15(13-24)11-17(16)25(28-20(27)7-4-2)22(21)19-8-5-9-29-19/h5,8-11H,3-4,6-7H2,1-2H3. The maximum Gasteiger partial charge on any atom is 0.332 e. The van der Waals surface area contributed by atoms with Crippen molar-refractivity contribution < 1.29 is 14.4 Å². The highest BCUT2D eigenvalue weighted by molar-refractivity contribution is 7.13. The fraction of sp³-hybridized carbons (Fsp3) is 0.273. The minimum atomic E-state index is -0.431. The highest BCUT2D eigenvalue weighted by Gasteiger charge is 2.27. The first kappa shape index (κ1) is 20.3. The van der Waals surface area contributed by atoms with Crippen LogP contribution in [0.4, 0.5) is 0 Å². The maximum absolute atomic E-state index is 13.1. The number of hydrogen-bond acceptors (Lipinski definition) is 6. The topological polar surface area (TPSA) is 95.9 Å². The van der Waals surface area contributed by atoms with Crippen LogP contribution in [-0.2, 0) is 4.79 Å². The second-order valence-corrected chi connectivity index (χ2v) is 7.47. The minimum Gasteiger partial charge on any atom is -0.336 e. The fourth-order valence-electron chi connectivity index (χ4n) is 3.21. The number of carbonyl (C=O) groups is 2. The molecule has 0 spiro atoms. The zero-order chi connectivity index (χ0) is 21.0. The summed E-state index contributed by atoms with van der Waals surface area (Å²) in [5, 5.41) is 21.3. The van der Waals surface area contributed by atoms with E-state index in [4.69, 9.17) is 4.84 Å². The average molecular weight is 405 g/mol. The Kier molecular flexibility index (Phi) is 6.11. The molecule has 0 amide bonds. The Hall–Kier alpha value is -3.42. The molecule has 0 bridgehead atoms. The Bertz CT molecular complexity index is 1160. The minimum absolute atomic E-state index is 0.0974. The Labute approximate surface area is 172 Å². The summed E-state index contributed by atoms with van der Waals surface area (Å²) in [7, 11) is 0. The molecule has 6 nitrogen and oxygen atoms in total. The van der Waals surface area contributed by atoms with E-state index in [0.717, 1.165) is 4.88 Å². The average Bonchev–Trinajstić information content (AvgIpc) is 3.33. The van der Waals surface area contributed by atoms with E-state index in [1.54, 1.807) is 0 Å². The van der Waals surface area contributed by atoms with Crippen molar-refractivity contribution in [2.24, 2.45) is 0 Å². The van der Waals surface area contributed by atoms with Crippen molar-refractivity contribution >= 4 is 34.0 Å². The van der Waals surface area contributed by atoms with E-state index in [2.05, 4.69) is 0 Å². The molecule has 2 aromatic heterocycles. The SMILES string of the molecule is CCCC(=O)On1c(-c2cccs2)c(C(=O)CCC)c2cc(C#N)c(C#N)cc21. The van der Waals surface area contributed by atoms with Crippen molar-refractivity contribution in [3.8, 4) is 22.7 Å². The number of nitrogens with zero attached hydrogens (tertiary/aromatic N) is 3. The maximum atomic E-state index is 13.1. The van der Waals surface area contributed by atoms with E-state index in [0.29, 0.717) is 41.4 Å². The van der Waals surface area contributed by atoms with Crippen LogP contribution in [-0.4, -0.2) is 16.5 Å². The van der Waals surface area contributed by atoms with Crippen LogP contribution in [0.1, 0.15) is 61.0 Å². The zero-order valence-corrected chi connectivity index (χ0v) is 17.0. The summed E-state index contributed by atoms with van der Waals surface area (Å²) in [6.07, 6.45) is 1.83. The van der Waals surface area contributed by atoms with Gasteiger partial charge < -0.3 is 4.84 Å². The number of ketones is 1. The molecular formula is C22H19N3O3S. The Morgan fingerprint density at radius 1 is 1.10 bits per heavy atom. The number of carbonyl (C=O) groups excluding carboxylic acids is 2. The van der Waals surface area contributed by atoms with Crippen LogP contribution in [0, 0.1) is 22.7 Å². The Balaban J connectivity index is 2.42. The van der Waals surface area contributed by atoms with Gasteiger partial charge in [0.25, 0.3) is 0 Å². The van der Waals surface area contributed by atoms with Gasteiger partial charge in [-0.1, -0.05) is 19.9 Å². The lowest BCUT2D eigenvalue weighted by molar-refractivity contribution is -0.143. The molecule has 146 valence electrons. The third kappa shape index (κ3) is 3.78. The van der Waals surface area contributed by atoms with E-state index in [1.807, 2.05) is 43.5 Å². The predicted molar refractivity (Wildman–Crippen MR) is 110 cm³/mol. The molecule has 0 aliphatic heterocycles. The van der Waals surface area contributed by atoms with Crippen molar-refractivity contribution in [1.82, 2.24) is 4.73 Å². The van der Waals surface area contributed by atoms with Crippen LogP contribution in [0.3, 0.4) is 0 Å². The van der Waals surface area contributed by atoms with Gasteiger partial charge in [-0.15, -0.1) is 11.3 Å². The molecule has 0 atom stereocenters. The van der Waals surface area contributed by atoms with Gasteiger partial charge in [0, 0.05) is 18.2 Å². The highest BCUT2D eigenvalue weighted by Crippen LogP contribution is 2.37. The van der Waals surface area contributed by atoms with Crippen molar-refractivity contribution in [2.75, 3.05) is 0 Å². The van der Waals surface area contributed by atoms with Crippen molar-refractivity contribution in [1.29, 1.82) is 10.5 Å². The van der Waals surface area contributed by atoms with E-state index in [1.165, 1.54) is 28.2 Å². The quantitative estimate of drug-likeness (QED) is 0.524. The lowest BCUT2D eigenvalue weighted by atomic mass is 9.99. The summed E-state index contributed by atoms with van der Waals surface area (Å²) in [5.74, 6) is -0.528. The number of aromatic nitrogens is 1. The zero-order valence-electron chi connectivity index (χ0n) is 16.2. The van der Waals surface area contributed by atoms with E-state index >= 15 is 0 Å². The fourth-order valence-corrected chi connectivity index (χ4v) is 3.97. The van der Waals surface area contributed by atoms with Gasteiger partial charge >= 0.3 is 5.97 Å². The number of nitriles is 2. The normalized spacial score (nSPS) is 10.5. The van der Waals surface area contributed by atoms with Crippen molar-refractivity contribution in [2.45, 2.75) is 39.5 Å². The molecule has 3 aromatic rings. The third-order valence-corrected chi connectivity index (χ3v) is 5.34. The number of Topliss-reactive ketones (excluding diaryl/α,β-unsaturated/α-hetero) is 1. The van der Waals surface area contributed by atoms with Crippen LogP contribution in [0.5, 0.6) is 0 Å². The summed E-state index contributed by atoms with van der Waals surface area (Å²) in [6, 6.07) is 10.8. The smallest absolute Gasteiger partial charge is 0.332 e. The summed E-state index contributed by atoms with van der Waals surface area (Å²) in [6.45, 7) is 3.79. The van der Waals surface area contributed by atoms with E-state index in [-0.39, 0.29) is 23.3 Å². The molecule has 1 aromatic carbocycles. The molecule has 0 saturated heterocycles. The Morgan fingerprint density at radius 3 is 2.38 bits per heavy atom. The second kappa shape index (κ2) is 8.72. The molecule has 3 rings (SSSR count). The molecule has 2 heterocycles. The predicted octanol–water partition coefficient (Wildman–Crippen LogP) is 4.85. The lowest BCUT2D eigenvalue weighted by Gasteiger charge is -2.10. The summed E-state index contributed by atoms with van der Waals surface area (Å²) in [5.41, 5.74) is 1.66. The second-order valence-electron chi connectivity index (χ2n) is 6.52. The Morgan fingerprint density at radius 2 is 1.79 bits per heavy atom. The summed E-state index contributed by atoms with van der Waals surface area (Å²) < 4.78 is 1.35. The third-order valence-electron chi connectivity index (χ3n) is 4.46. The number of thiophene rings is 1. The molecular weight excluding hydrogens is 386 g/mol. The first-order valence-electron chi connectivity index (χ1n) is 9.36. The molecule has 0 N–H and O–H groups in total. The first-order valence-corrected chi connectivity index (χ1v) is 10.2. The van der Waals surface area contributed by atoms with Gasteiger partial charge in [0.15, 0.2) is 5.78 Å². The van der Waals surface area contributed by atoms with Crippen LogP contribution < -0.4 is 4.84 Å². The van der Waals surface area contributed by atoms with E-state index in [9.17, 15) is 20.1 Å². The number of hydrogen-bond donors (Lipinski definition) is 0. The van der Waals surface area contributed by atoms with Crippen LogP contribution in [0.25, 0.3) is 21.5 Å². The number of benzene rings is 1. The first-order chi connectivity index (χ1) is 14.0. The molecule has 0 unspecified atom stereocenters. The summed E-state index contributed by atoms with van der Waals surface area (Å²) >= 11 is 1.42. The van der Waals surface area contributed by atoms with Crippen molar-refractivity contribution in [3.05, 3.63) is 46.3 Å². The van der Waals surface area contributed by atoms with Crippen molar-refractivity contribution in [3.63, 3.8) is 0 Å². The monoisotopic (exact) mass is 405 g/mol. The number of rotatable bonds is 7. The highest BCUT2D eigenvalue weighted by atomic mass is 32.1. The molecule has 0 aliphatic rings. The molecule has 0 fully saturated rings. The molecule has 0 saturated carbocycles. The number of fused-ring (bicyclic) bond motifs is 1.